The Morgan fingerprint density at radius 2 is 1.81 bits per heavy atom. The van der Waals surface area contributed by atoms with E-state index < -0.39 is 39.0 Å². The molecule has 0 spiro atoms. The highest BCUT2D eigenvalue weighted by Gasteiger charge is 2.51. The predicted molar refractivity (Wildman–Crippen MR) is 118 cm³/mol. The number of carbonyl (C=O) groups is 1. The molecule has 2 aromatic carbocycles. The van der Waals surface area contributed by atoms with Crippen molar-refractivity contribution >= 4 is 21.8 Å². The van der Waals surface area contributed by atoms with Crippen molar-refractivity contribution in [2.45, 2.75) is 31.4 Å². The second-order valence-corrected chi connectivity index (χ2v) is 9.23. The summed E-state index contributed by atoms with van der Waals surface area (Å²) in [6.45, 7) is 2.20. The van der Waals surface area contributed by atoms with E-state index in [-0.39, 0.29) is 29.4 Å². The van der Waals surface area contributed by atoms with E-state index in [0.29, 0.717) is 24.5 Å². The number of ether oxygens (including phenoxy) is 5. The third kappa shape index (κ3) is 4.87. The summed E-state index contributed by atoms with van der Waals surface area (Å²) in [5.74, 6) is -1.17. The van der Waals surface area contributed by atoms with E-state index in [0.717, 1.165) is 13.5 Å². The molecule has 0 bridgehead atoms. The highest BCUT2D eigenvalue weighted by Crippen LogP contribution is 2.47. The van der Waals surface area contributed by atoms with Gasteiger partial charge < -0.3 is 27.9 Å². The minimum absolute atomic E-state index is 0.0412. The van der Waals surface area contributed by atoms with Crippen LogP contribution in [-0.2, 0) is 23.8 Å². The van der Waals surface area contributed by atoms with E-state index in [1.807, 2.05) is 6.92 Å². The molecule has 0 saturated heterocycles. The van der Waals surface area contributed by atoms with Gasteiger partial charge in [0.1, 0.15) is 17.1 Å². The maximum Gasteiger partial charge on any atom is 0.534 e. The lowest BCUT2D eigenvalue weighted by Gasteiger charge is -2.30. The SMILES string of the molecule is CCCCOc1ccc2c(c1)C(OS(=O)(=O)C(F)(F)F)=C(C(=O)OC)C(c1ccc3c(c1)OCO3)O2. The maximum absolute atomic E-state index is 13.3. The van der Waals surface area contributed by atoms with Crippen molar-refractivity contribution in [1.82, 2.24) is 0 Å². The molecule has 0 N–H and O–H groups in total. The van der Waals surface area contributed by atoms with E-state index in [2.05, 4.69) is 4.18 Å². The fourth-order valence-corrected chi connectivity index (χ4v) is 4.02. The molecule has 194 valence electrons. The lowest BCUT2D eigenvalue weighted by atomic mass is 9.94. The van der Waals surface area contributed by atoms with Crippen LogP contribution in [0.25, 0.3) is 5.76 Å². The number of hydrogen-bond donors (Lipinski definition) is 0. The number of methoxy groups -OCH3 is 1. The van der Waals surface area contributed by atoms with Crippen LogP contribution in [0.1, 0.15) is 37.0 Å². The summed E-state index contributed by atoms with van der Waals surface area (Å²) in [5, 5.41) is 0. The molecule has 13 heteroatoms. The number of benzene rings is 2. The molecule has 1 atom stereocenters. The molecule has 0 radical (unpaired) electrons. The Kier molecular flexibility index (Phi) is 6.94. The number of hydrogen-bond acceptors (Lipinski definition) is 9. The van der Waals surface area contributed by atoms with Crippen LogP contribution in [0.3, 0.4) is 0 Å². The third-order valence-electron chi connectivity index (χ3n) is 5.30. The first kappa shape index (κ1) is 25.5. The molecule has 9 nitrogen and oxygen atoms in total. The van der Waals surface area contributed by atoms with E-state index in [1.165, 1.54) is 36.4 Å². The Labute approximate surface area is 204 Å². The smallest absolute Gasteiger partial charge is 0.494 e. The predicted octanol–water partition coefficient (Wildman–Crippen LogP) is 4.48. The van der Waals surface area contributed by atoms with Gasteiger partial charge in [-0.1, -0.05) is 19.4 Å². The fraction of sp³-hybridized carbons (Fsp3) is 0.348. The fourth-order valence-electron chi connectivity index (χ4n) is 3.53. The molecule has 2 aromatic rings. The normalized spacial score (nSPS) is 16.8. The van der Waals surface area contributed by atoms with Crippen molar-refractivity contribution in [2.75, 3.05) is 20.5 Å². The molecule has 0 fully saturated rings. The zero-order valence-electron chi connectivity index (χ0n) is 19.1. The van der Waals surface area contributed by atoms with Crippen molar-refractivity contribution in [3.8, 4) is 23.0 Å². The minimum Gasteiger partial charge on any atom is -0.494 e. The first-order chi connectivity index (χ1) is 17.1. The minimum atomic E-state index is -6.17. The Balaban J connectivity index is 1.90. The molecule has 2 aliphatic rings. The first-order valence-corrected chi connectivity index (χ1v) is 12.1. The van der Waals surface area contributed by atoms with E-state index in [1.54, 1.807) is 0 Å². The van der Waals surface area contributed by atoms with Crippen LogP contribution in [0.15, 0.2) is 42.0 Å². The molecule has 0 amide bonds. The average Bonchev–Trinajstić information content (AvgIpc) is 3.31. The summed E-state index contributed by atoms with van der Waals surface area (Å²) in [5.41, 5.74) is -6.33. The van der Waals surface area contributed by atoms with Crippen molar-refractivity contribution in [3.63, 3.8) is 0 Å². The topological polar surface area (TPSA) is 107 Å². The van der Waals surface area contributed by atoms with E-state index in [4.69, 9.17) is 23.7 Å². The van der Waals surface area contributed by atoms with Crippen LogP contribution in [0.2, 0.25) is 0 Å². The van der Waals surface area contributed by atoms with Gasteiger partial charge in [-0.05, 0) is 36.8 Å². The van der Waals surface area contributed by atoms with Crippen molar-refractivity contribution < 1.29 is 54.3 Å². The zero-order chi connectivity index (χ0) is 26.1. The second kappa shape index (κ2) is 9.80. The number of carbonyl (C=O) groups excluding carboxylic acids is 1. The average molecular weight is 530 g/mol. The molecule has 1 unspecified atom stereocenters. The number of esters is 1. The Bertz CT molecular complexity index is 1300. The molecule has 2 aliphatic heterocycles. The third-order valence-corrected chi connectivity index (χ3v) is 6.25. The van der Waals surface area contributed by atoms with E-state index in [9.17, 15) is 26.4 Å². The van der Waals surface area contributed by atoms with Crippen LogP contribution >= 0.6 is 0 Å². The van der Waals surface area contributed by atoms with Gasteiger partial charge in [0.25, 0.3) is 0 Å². The van der Waals surface area contributed by atoms with Gasteiger partial charge in [0.05, 0.1) is 19.3 Å². The van der Waals surface area contributed by atoms with Gasteiger partial charge in [0, 0.05) is 5.56 Å². The lowest BCUT2D eigenvalue weighted by Crippen LogP contribution is -2.29. The number of unbranched alkanes of at least 4 members (excludes halogenated alkanes) is 1. The number of halogens is 3. The summed E-state index contributed by atoms with van der Waals surface area (Å²) in [6.07, 6.45) is 0.134. The second-order valence-electron chi connectivity index (χ2n) is 7.69. The summed E-state index contributed by atoms with van der Waals surface area (Å²) < 4.78 is 95.4. The van der Waals surface area contributed by atoms with Crippen molar-refractivity contribution in [1.29, 1.82) is 0 Å². The highest BCUT2D eigenvalue weighted by molar-refractivity contribution is 7.87. The molecule has 36 heavy (non-hydrogen) atoms. The maximum atomic E-state index is 13.3. The molecular formula is C23H21F3O9S. The van der Waals surface area contributed by atoms with Gasteiger partial charge in [-0.3, -0.25) is 0 Å². The standard InChI is InChI=1S/C23H21F3O9S/c1-3-4-9-31-14-6-8-16-15(11-14)21(35-36(28,29)23(24,25)26)19(22(27)30-2)20(34-16)13-5-7-17-18(10-13)33-12-32-17/h5-8,10-11,20H,3-4,9,12H2,1-2H3. The van der Waals surface area contributed by atoms with Crippen LogP contribution in [0.5, 0.6) is 23.0 Å². The summed E-state index contributed by atoms with van der Waals surface area (Å²) in [4.78, 5) is 12.8. The lowest BCUT2D eigenvalue weighted by molar-refractivity contribution is -0.137. The summed E-state index contributed by atoms with van der Waals surface area (Å²) in [6, 6.07) is 8.59. The van der Waals surface area contributed by atoms with Gasteiger partial charge in [-0.2, -0.15) is 21.6 Å². The van der Waals surface area contributed by atoms with Gasteiger partial charge >= 0.3 is 21.6 Å². The van der Waals surface area contributed by atoms with Crippen LogP contribution < -0.4 is 18.9 Å². The zero-order valence-corrected chi connectivity index (χ0v) is 19.9. The van der Waals surface area contributed by atoms with Crippen LogP contribution in [0.4, 0.5) is 13.2 Å². The molecule has 0 saturated carbocycles. The summed E-state index contributed by atoms with van der Waals surface area (Å²) in [7, 11) is -5.18. The number of fused-ring (bicyclic) bond motifs is 2. The summed E-state index contributed by atoms with van der Waals surface area (Å²) >= 11 is 0. The van der Waals surface area contributed by atoms with E-state index >= 15 is 0 Å². The molecular weight excluding hydrogens is 509 g/mol. The Morgan fingerprint density at radius 3 is 2.50 bits per heavy atom. The number of rotatable bonds is 8. The Morgan fingerprint density at radius 1 is 1.08 bits per heavy atom. The molecule has 4 rings (SSSR count). The largest absolute Gasteiger partial charge is 0.534 e. The van der Waals surface area contributed by atoms with Crippen LogP contribution in [-0.4, -0.2) is 40.4 Å². The molecule has 0 aliphatic carbocycles. The molecule has 0 aromatic heterocycles. The van der Waals surface area contributed by atoms with Crippen LogP contribution in [0, 0.1) is 0 Å². The number of alkyl halides is 3. The van der Waals surface area contributed by atoms with Gasteiger partial charge in [0.15, 0.2) is 23.4 Å². The van der Waals surface area contributed by atoms with Gasteiger partial charge in [-0.25, -0.2) is 4.79 Å². The quantitative estimate of drug-likeness (QED) is 0.211. The molecule has 2 heterocycles. The monoisotopic (exact) mass is 530 g/mol. The van der Waals surface area contributed by atoms with Crippen molar-refractivity contribution in [3.05, 3.63) is 53.1 Å². The first-order valence-electron chi connectivity index (χ1n) is 10.7. The Hall–Kier alpha value is -3.61. The van der Waals surface area contributed by atoms with Gasteiger partial charge in [0.2, 0.25) is 6.79 Å². The highest BCUT2D eigenvalue weighted by atomic mass is 32.2. The van der Waals surface area contributed by atoms with Gasteiger partial charge in [-0.15, -0.1) is 0 Å². The van der Waals surface area contributed by atoms with Crippen molar-refractivity contribution in [2.24, 2.45) is 0 Å².